The molecule has 1 heterocycles. The van der Waals surface area contributed by atoms with Crippen molar-refractivity contribution in [2.45, 2.75) is 44.2 Å². The van der Waals surface area contributed by atoms with Crippen LogP contribution < -0.4 is 15.2 Å². The Morgan fingerprint density at radius 3 is 2.66 bits per heavy atom. The summed E-state index contributed by atoms with van der Waals surface area (Å²) in [5.74, 6) is 0.304. The number of amides is 1. The van der Waals surface area contributed by atoms with Gasteiger partial charge >= 0.3 is 0 Å². The van der Waals surface area contributed by atoms with E-state index in [0.29, 0.717) is 23.5 Å². The molecule has 1 unspecified atom stereocenters. The number of hydrogen-bond donors (Lipinski definition) is 2. The second-order valence-corrected chi connectivity index (χ2v) is 9.03. The van der Waals surface area contributed by atoms with Crippen molar-refractivity contribution < 1.29 is 17.9 Å². The van der Waals surface area contributed by atoms with E-state index >= 15 is 0 Å². The van der Waals surface area contributed by atoms with Crippen LogP contribution in [0.4, 0.5) is 5.69 Å². The van der Waals surface area contributed by atoms with Gasteiger partial charge in [0.25, 0.3) is 10.0 Å². The molecule has 2 aromatic carbocycles. The van der Waals surface area contributed by atoms with Crippen molar-refractivity contribution in [2.24, 2.45) is 5.73 Å². The van der Waals surface area contributed by atoms with Gasteiger partial charge in [-0.2, -0.15) is 0 Å². The van der Waals surface area contributed by atoms with Crippen LogP contribution in [0, 0.1) is 13.8 Å². The van der Waals surface area contributed by atoms with Crippen LogP contribution in [0.3, 0.4) is 0 Å². The van der Waals surface area contributed by atoms with Crippen LogP contribution in [-0.2, 0) is 21.4 Å². The van der Waals surface area contributed by atoms with Gasteiger partial charge in [0.15, 0.2) is 0 Å². The molecule has 29 heavy (non-hydrogen) atoms. The van der Waals surface area contributed by atoms with Gasteiger partial charge in [0.2, 0.25) is 5.91 Å². The number of nitrogens with one attached hydrogen (secondary N) is 1. The number of benzene rings is 2. The first-order valence-electron chi connectivity index (χ1n) is 9.52. The van der Waals surface area contributed by atoms with Crippen LogP contribution in [0.2, 0.25) is 0 Å². The molecule has 0 saturated carbocycles. The number of para-hydroxylation sites is 1. The van der Waals surface area contributed by atoms with Gasteiger partial charge in [-0.1, -0.05) is 18.2 Å². The largest absolute Gasteiger partial charge is 0.496 e. The van der Waals surface area contributed by atoms with Gasteiger partial charge in [-0.15, -0.1) is 0 Å². The summed E-state index contributed by atoms with van der Waals surface area (Å²) >= 11 is 0. The molecule has 2 aromatic rings. The number of rotatable bonds is 7. The van der Waals surface area contributed by atoms with Crippen molar-refractivity contribution in [1.29, 1.82) is 0 Å². The Morgan fingerprint density at radius 1 is 1.24 bits per heavy atom. The number of carbonyl (C=O) groups is 1. The van der Waals surface area contributed by atoms with Gasteiger partial charge in [0.05, 0.1) is 23.7 Å². The third-order valence-electron chi connectivity index (χ3n) is 5.31. The number of anilines is 1. The maximum absolute atomic E-state index is 13.1. The van der Waals surface area contributed by atoms with Crippen molar-refractivity contribution in [3.8, 4) is 5.75 Å². The number of aryl methyl sites for hydroxylation is 2. The number of methoxy groups -OCH3 is 1. The fraction of sp³-hybridized carbons (Fsp3) is 0.381. The molecule has 3 N–H and O–H groups in total. The minimum absolute atomic E-state index is 0.210. The normalized spacial score (nSPS) is 17.3. The topological polar surface area (TPSA) is 102 Å². The first-order chi connectivity index (χ1) is 13.7. The number of primary amides is 1. The van der Waals surface area contributed by atoms with Crippen LogP contribution in [-0.4, -0.2) is 38.9 Å². The Morgan fingerprint density at radius 2 is 1.97 bits per heavy atom. The zero-order chi connectivity index (χ0) is 21.2. The molecule has 0 aromatic heterocycles. The fourth-order valence-corrected chi connectivity index (χ4v) is 5.20. The van der Waals surface area contributed by atoms with Gasteiger partial charge < -0.3 is 10.5 Å². The molecule has 1 fully saturated rings. The molecule has 1 amide bonds. The predicted octanol–water partition coefficient (Wildman–Crippen LogP) is 2.56. The molecule has 1 atom stereocenters. The maximum atomic E-state index is 13.1. The number of nitrogens with two attached hydrogens (primary N) is 1. The molecular formula is C21H27N3O4S. The molecule has 0 spiro atoms. The Balaban J connectivity index is 1.89. The van der Waals surface area contributed by atoms with Crippen molar-refractivity contribution in [1.82, 2.24) is 4.90 Å². The molecule has 7 nitrogen and oxygen atoms in total. The number of carbonyl (C=O) groups excluding carboxylic acids is 1. The number of sulfonamides is 1. The Bertz CT molecular complexity index is 1020. The summed E-state index contributed by atoms with van der Waals surface area (Å²) in [5, 5.41) is 0. The smallest absolute Gasteiger partial charge is 0.262 e. The summed E-state index contributed by atoms with van der Waals surface area (Å²) < 4.78 is 34.2. The van der Waals surface area contributed by atoms with E-state index in [4.69, 9.17) is 10.5 Å². The molecule has 0 aliphatic carbocycles. The van der Waals surface area contributed by atoms with Crippen molar-refractivity contribution in [3.63, 3.8) is 0 Å². The maximum Gasteiger partial charge on any atom is 0.262 e. The van der Waals surface area contributed by atoms with Crippen molar-refractivity contribution >= 4 is 21.6 Å². The average Bonchev–Trinajstić information content (AvgIpc) is 3.13. The fourth-order valence-electron chi connectivity index (χ4n) is 3.79. The summed E-state index contributed by atoms with van der Waals surface area (Å²) in [7, 11) is -2.24. The minimum Gasteiger partial charge on any atom is -0.496 e. The van der Waals surface area contributed by atoms with E-state index in [2.05, 4.69) is 4.72 Å². The molecule has 0 bridgehead atoms. The van der Waals surface area contributed by atoms with Crippen LogP contribution >= 0.6 is 0 Å². The molecule has 1 saturated heterocycles. The first-order valence-corrected chi connectivity index (χ1v) is 11.0. The molecule has 0 radical (unpaired) electrons. The summed E-state index contributed by atoms with van der Waals surface area (Å²) in [6.07, 6.45) is 1.62. The van der Waals surface area contributed by atoms with Gasteiger partial charge in [0, 0.05) is 6.54 Å². The lowest BCUT2D eigenvalue weighted by atomic mass is 10.1. The van der Waals surface area contributed by atoms with Gasteiger partial charge in [-0.3, -0.25) is 14.4 Å². The summed E-state index contributed by atoms with van der Waals surface area (Å²) in [6, 6.07) is 10.2. The number of nitrogens with zero attached hydrogens (tertiary/aromatic N) is 1. The van der Waals surface area contributed by atoms with E-state index in [9.17, 15) is 13.2 Å². The van der Waals surface area contributed by atoms with Crippen molar-refractivity contribution in [3.05, 3.63) is 53.1 Å². The van der Waals surface area contributed by atoms with E-state index in [1.165, 1.54) is 0 Å². The van der Waals surface area contributed by atoms with Gasteiger partial charge in [0.1, 0.15) is 5.75 Å². The lowest BCUT2D eigenvalue weighted by Gasteiger charge is -2.23. The van der Waals surface area contributed by atoms with E-state index in [1.807, 2.05) is 24.0 Å². The predicted molar refractivity (Wildman–Crippen MR) is 112 cm³/mol. The van der Waals surface area contributed by atoms with E-state index in [1.54, 1.807) is 38.3 Å². The van der Waals surface area contributed by atoms with Gasteiger partial charge in [-0.25, -0.2) is 8.42 Å². The number of ether oxygens (including phenoxy) is 1. The lowest BCUT2D eigenvalue weighted by molar-refractivity contribution is -0.122. The monoisotopic (exact) mass is 417 g/mol. The average molecular weight is 418 g/mol. The molecule has 8 heteroatoms. The minimum atomic E-state index is -3.79. The summed E-state index contributed by atoms with van der Waals surface area (Å²) in [5.41, 5.74) is 8.15. The van der Waals surface area contributed by atoms with E-state index in [0.717, 1.165) is 30.5 Å². The highest BCUT2D eigenvalue weighted by molar-refractivity contribution is 7.92. The quantitative estimate of drug-likeness (QED) is 0.721. The van der Waals surface area contributed by atoms with Crippen LogP contribution in [0.15, 0.2) is 41.3 Å². The third-order valence-corrected chi connectivity index (χ3v) is 6.82. The summed E-state index contributed by atoms with van der Waals surface area (Å²) in [6.45, 7) is 4.76. The standard InChI is InChI=1S/C21H27N3O4S/c1-14-12-20(15(2)11-19(14)28-3)29(26,27)23-17-8-5-4-7-16(17)13-24-10-6-9-18(24)21(22)25/h4-5,7-8,11-12,18,23H,6,9-10,13H2,1-3H3,(H2,22,25). The molecule has 1 aliphatic heterocycles. The Labute approximate surface area is 171 Å². The zero-order valence-corrected chi connectivity index (χ0v) is 17.8. The number of hydrogen-bond acceptors (Lipinski definition) is 5. The molecule has 156 valence electrons. The molecule has 3 rings (SSSR count). The zero-order valence-electron chi connectivity index (χ0n) is 16.9. The van der Waals surface area contributed by atoms with Crippen LogP contribution in [0.25, 0.3) is 0 Å². The SMILES string of the molecule is COc1cc(C)c(S(=O)(=O)Nc2ccccc2CN2CCCC2C(N)=O)cc1C. The Kier molecular flexibility index (Phi) is 6.14. The second-order valence-electron chi connectivity index (χ2n) is 7.38. The van der Waals surface area contributed by atoms with Crippen LogP contribution in [0.1, 0.15) is 29.5 Å². The van der Waals surface area contributed by atoms with Gasteiger partial charge in [-0.05, 0) is 68.1 Å². The molecule has 1 aliphatic rings. The highest BCUT2D eigenvalue weighted by atomic mass is 32.2. The highest BCUT2D eigenvalue weighted by Crippen LogP contribution is 2.29. The number of likely N-dealkylation sites (tertiary alicyclic amines) is 1. The lowest BCUT2D eigenvalue weighted by Crippen LogP contribution is -2.39. The highest BCUT2D eigenvalue weighted by Gasteiger charge is 2.29. The summed E-state index contributed by atoms with van der Waals surface area (Å²) in [4.78, 5) is 13.9. The third kappa shape index (κ3) is 4.54. The van der Waals surface area contributed by atoms with E-state index < -0.39 is 10.0 Å². The Hall–Kier alpha value is -2.58. The van der Waals surface area contributed by atoms with Crippen molar-refractivity contribution in [2.75, 3.05) is 18.4 Å². The first kappa shape index (κ1) is 21.1. The molecular weight excluding hydrogens is 390 g/mol. The second kappa shape index (κ2) is 8.42. The van der Waals surface area contributed by atoms with E-state index in [-0.39, 0.29) is 16.8 Å². The van der Waals surface area contributed by atoms with Crippen LogP contribution in [0.5, 0.6) is 5.75 Å².